The highest BCUT2D eigenvalue weighted by Crippen LogP contribution is 2.23. The molecule has 3 rings (SSSR count). The zero-order chi connectivity index (χ0) is 22.9. The van der Waals surface area contributed by atoms with Crippen LogP contribution in [-0.4, -0.2) is 45.8 Å². The number of nitrogens with zero attached hydrogens (tertiary/aromatic N) is 1. The number of hydrogen-bond acceptors (Lipinski definition) is 5. The number of aromatic nitrogens is 1. The number of ether oxygens (including phenoxy) is 1. The number of rotatable bonds is 10. The minimum atomic E-state index is -1.59. The predicted octanol–water partition coefficient (Wildman–Crippen LogP) is 3.34. The van der Waals surface area contributed by atoms with Gasteiger partial charge in [0.05, 0.1) is 6.20 Å². The summed E-state index contributed by atoms with van der Waals surface area (Å²) in [6, 6.07) is 17.9. The second-order valence-electron chi connectivity index (χ2n) is 7.24. The van der Waals surface area contributed by atoms with Crippen LogP contribution in [0.5, 0.6) is 5.75 Å². The number of aliphatic hydroxyl groups is 1. The Labute approximate surface area is 190 Å². The Kier molecular flexibility index (Phi) is 8.19. The molecule has 0 saturated heterocycles. The maximum absolute atomic E-state index is 12.3. The first-order valence-corrected chi connectivity index (χ1v) is 10.4. The van der Waals surface area contributed by atoms with Crippen molar-refractivity contribution in [2.75, 3.05) is 6.61 Å². The third-order valence-corrected chi connectivity index (χ3v) is 4.99. The molecule has 3 aromatic rings. The molecule has 0 aliphatic carbocycles. The Balaban J connectivity index is 1.65. The van der Waals surface area contributed by atoms with Crippen LogP contribution in [-0.2, 0) is 16.0 Å². The van der Waals surface area contributed by atoms with Crippen molar-refractivity contribution in [3.63, 3.8) is 0 Å². The summed E-state index contributed by atoms with van der Waals surface area (Å²) < 4.78 is 5.38. The summed E-state index contributed by atoms with van der Waals surface area (Å²) in [6.45, 7) is -0.251. The molecule has 0 spiro atoms. The molecule has 3 N–H and O–H groups in total. The van der Waals surface area contributed by atoms with Crippen LogP contribution in [0.4, 0.5) is 0 Å². The summed E-state index contributed by atoms with van der Waals surface area (Å²) >= 11 is 6.06. The lowest BCUT2D eigenvalue weighted by atomic mass is 9.98. The zero-order valence-electron chi connectivity index (χ0n) is 17.1. The van der Waals surface area contributed by atoms with E-state index in [9.17, 15) is 14.7 Å². The highest BCUT2D eigenvalue weighted by molar-refractivity contribution is 6.30. The highest BCUT2D eigenvalue weighted by Gasteiger charge is 2.22. The van der Waals surface area contributed by atoms with Crippen LogP contribution in [0.25, 0.3) is 11.1 Å². The number of amides is 1. The van der Waals surface area contributed by atoms with Crippen molar-refractivity contribution in [1.29, 1.82) is 0 Å². The van der Waals surface area contributed by atoms with E-state index in [4.69, 9.17) is 21.4 Å². The van der Waals surface area contributed by atoms with Crippen molar-refractivity contribution < 1.29 is 24.5 Å². The van der Waals surface area contributed by atoms with E-state index >= 15 is 0 Å². The van der Waals surface area contributed by atoms with Gasteiger partial charge in [0.2, 0.25) is 0 Å². The number of nitrogens with one attached hydrogen (secondary N) is 1. The fourth-order valence-electron chi connectivity index (χ4n) is 3.20. The number of hydrogen-bond donors (Lipinski definition) is 3. The first-order valence-electron chi connectivity index (χ1n) is 9.98. The maximum Gasteiger partial charge on any atom is 0.332 e. The maximum atomic E-state index is 12.3. The summed E-state index contributed by atoms with van der Waals surface area (Å²) in [7, 11) is 0. The summed E-state index contributed by atoms with van der Waals surface area (Å²) in [5, 5.41) is 22.3. The molecule has 1 heterocycles. The van der Waals surface area contributed by atoms with Crippen LogP contribution < -0.4 is 10.1 Å². The Morgan fingerprint density at radius 3 is 2.50 bits per heavy atom. The van der Waals surface area contributed by atoms with E-state index in [1.807, 2.05) is 42.5 Å². The molecule has 0 aliphatic heterocycles. The van der Waals surface area contributed by atoms with Crippen molar-refractivity contribution >= 4 is 23.5 Å². The summed E-state index contributed by atoms with van der Waals surface area (Å²) in [5.74, 6) is -1.32. The zero-order valence-corrected chi connectivity index (χ0v) is 17.9. The smallest absolute Gasteiger partial charge is 0.332 e. The molecule has 0 saturated carbocycles. The molecule has 1 amide bonds. The van der Waals surface area contributed by atoms with Gasteiger partial charge in [-0.2, -0.15) is 0 Å². The van der Waals surface area contributed by atoms with Gasteiger partial charge in [-0.3, -0.25) is 9.78 Å². The Morgan fingerprint density at radius 1 is 1.06 bits per heavy atom. The number of carbonyl (C=O) groups is 2. The molecule has 0 radical (unpaired) electrons. The van der Waals surface area contributed by atoms with Gasteiger partial charge in [-0.05, 0) is 47.4 Å². The van der Waals surface area contributed by atoms with Gasteiger partial charge in [0.25, 0.3) is 5.91 Å². The molecular weight excluding hydrogens is 432 g/mol. The molecule has 2 atom stereocenters. The van der Waals surface area contributed by atoms with Crippen molar-refractivity contribution in [2.24, 2.45) is 0 Å². The van der Waals surface area contributed by atoms with Crippen molar-refractivity contribution in [3.8, 4) is 16.9 Å². The lowest BCUT2D eigenvalue weighted by Crippen LogP contribution is -2.42. The van der Waals surface area contributed by atoms with Gasteiger partial charge in [0.15, 0.2) is 12.7 Å². The van der Waals surface area contributed by atoms with Gasteiger partial charge in [-0.15, -0.1) is 0 Å². The number of pyridine rings is 1. The standard InChI is InChI=1S/C24H23ClN2O5/c25-19-4-1-3-18(12-19)17-8-6-16(7-9-17)11-20(13-22(28)24(30)31)27-23(29)15-32-21-5-2-10-26-14-21/h1-10,12,14,20,22,28H,11,13,15H2,(H,27,29)(H,30,31)/t20-,22-/m1/s1. The summed E-state index contributed by atoms with van der Waals surface area (Å²) in [4.78, 5) is 27.4. The SMILES string of the molecule is O=C(COc1cccnc1)N[C@H](Cc1ccc(-c2cccc(Cl)c2)cc1)C[C@@H](O)C(=O)O. The van der Waals surface area contributed by atoms with Crippen molar-refractivity contribution in [3.05, 3.63) is 83.6 Å². The summed E-state index contributed by atoms with van der Waals surface area (Å²) in [6.07, 6.45) is 1.70. The van der Waals surface area contributed by atoms with E-state index in [1.165, 1.54) is 6.20 Å². The predicted molar refractivity (Wildman–Crippen MR) is 121 cm³/mol. The molecule has 0 aliphatic rings. The van der Waals surface area contributed by atoms with Crippen LogP contribution in [0.1, 0.15) is 12.0 Å². The molecule has 1 aromatic heterocycles. The third kappa shape index (κ3) is 7.08. The van der Waals surface area contributed by atoms with Gasteiger partial charge in [0, 0.05) is 23.7 Å². The first-order chi connectivity index (χ1) is 15.4. The number of benzene rings is 2. The lowest BCUT2D eigenvalue weighted by molar-refractivity contribution is -0.147. The van der Waals surface area contributed by atoms with Gasteiger partial charge >= 0.3 is 5.97 Å². The molecule has 32 heavy (non-hydrogen) atoms. The number of carboxylic acids is 1. The van der Waals surface area contributed by atoms with Crippen LogP contribution in [0.2, 0.25) is 5.02 Å². The van der Waals surface area contributed by atoms with Crippen LogP contribution in [0.15, 0.2) is 73.1 Å². The van der Waals surface area contributed by atoms with Crippen LogP contribution in [0.3, 0.4) is 0 Å². The van der Waals surface area contributed by atoms with Gasteiger partial charge < -0.3 is 20.3 Å². The Bertz CT molecular complexity index is 1040. The van der Waals surface area contributed by atoms with Gasteiger partial charge in [0.1, 0.15) is 5.75 Å². The highest BCUT2D eigenvalue weighted by atomic mass is 35.5. The van der Waals surface area contributed by atoms with Crippen molar-refractivity contribution in [2.45, 2.75) is 25.0 Å². The fourth-order valence-corrected chi connectivity index (χ4v) is 3.39. The molecular formula is C24H23ClN2O5. The molecule has 2 aromatic carbocycles. The second kappa shape index (κ2) is 11.3. The molecule has 8 heteroatoms. The second-order valence-corrected chi connectivity index (χ2v) is 7.68. The Morgan fingerprint density at radius 2 is 1.84 bits per heavy atom. The van der Waals surface area contributed by atoms with Crippen molar-refractivity contribution in [1.82, 2.24) is 10.3 Å². The largest absolute Gasteiger partial charge is 0.482 e. The van der Waals surface area contributed by atoms with E-state index in [-0.39, 0.29) is 13.0 Å². The van der Waals surface area contributed by atoms with Gasteiger partial charge in [-0.1, -0.05) is 48.0 Å². The van der Waals surface area contributed by atoms with Crippen LogP contribution >= 0.6 is 11.6 Å². The van der Waals surface area contributed by atoms with E-state index in [1.54, 1.807) is 24.4 Å². The molecule has 166 valence electrons. The van der Waals surface area contributed by atoms with Crippen LogP contribution in [0, 0.1) is 0 Å². The van der Waals surface area contributed by atoms with E-state index in [2.05, 4.69) is 10.3 Å². The average molecular weight is 455 g/mol. The topological polar surface area (TPSA) is 109 Å². The number of halogens is 1. The van der Waals surface area contributed by atoms with E-state index in [0.29, 0.717) is 17.2 Å². The number of aliphatic carboxylic acids is 1. The minimum Gasteiger partial charge on any atom is -0.482 e. The Hall–Kier alpha value is -3.42. The molecule has 0 fully saturated rings. The minimum absolute atomic E-state index is 0.135. The number of aliphatic hydroxyl groups excluding tert-OH is 1. The fraction of sp³-hybridized carbons (Fsp3) is 0.208. The molecule has 0 unspecified atom stereocenters. The average Bonchev–Trinajstić information content (AvgIpc) is 2.79. The number of carboxylic acid groups (broad SMARTS) is 1. The van der Waals surface area contributed by atoms with Gasteiger partial charge in [-0.25, -0.2) is 4.79 Å². The third-order valence-electron chi connectivity index (χ3n) is 4.76. The monoisotopic (exact) mass is 454 g/mol. The molecule has 7 nitrogen and oxygen atoms in total. The van der Waals surface area contributed by atoms with E-state index < -0.39 is 24.0 Å². The lowest BCUT2D eigenvalue weighted by Gasteiger charge is -2.20. The quantitative estimate of drug-likeness (QED) is 0.433. The molecule has 0 bridgehead atoms. The summed E-state index contributed by atoms with van der Waals surface area (Å²) in [5.41, 5.74) is 2.84. The normalized spacial score (nSPS) is 12.6. The first kappa shape index (κ1) is 23.2. The number of carbonyl (C=O) groups excluding carboxylic acids is 1. The van der Waals surface area contributed by atoms with E-state index in [0.717, 1.165) is 16.7 Å².